The molecule has 1 fully saturated rings. The molecule has 0 aromatic heterocycles. The lowest BCUT2D eigenvalue weighted by Crippen LogP contribution is -2.60. The smallest absolute Gasteiger partial charge is 0.306 e. The van der Waals surface area contributed by atoms with Crippen LogP contribution in [-0.4, -0.2) is 96.0 Å². The second-order valence-electron chi connectivity index (χ2n) is 17.5. The number of esters is 2. The van der Waals surface area contributed by atoms with E-state index >= 15 is 0 Å². The van der Waals surface area contributed by atoms with Crippen molar-refractivity contribution >= 4 is 22.1 Å². The SMILES string of the molecule is CCCCCCCCC/C=C/C/C=C/C/C=C/C/C=C/CCCC(=O)OC[C@H](CO[C@H]1O[C@H](CS(=O)(=O)O)[C@@H](O)C(O)C1O)OC(=O)CCCCCCCCCCCCCCCCC. The Labute approximate surface area is 388 Å². The van der Waals surface area contributed by atoms with Crippen molar-refractivity contribution in [2.24, 2.45) is 0 Å². The predicted molar refractivity (Wildman–Crippen MR) is 256 cm³/mol. The van der Waals surface area contributed by atoms with Crippen LogP contribution in [0.2, 0.25) is 0 Å². The predicted octanol–water partition coefficient (Wildman–Crippen LogP) is 11.1. The fourth-order valence-electron chi connectivity index (χ4n) is 7.49. The summed E-state index contributed by atoms with van der Waals surface area (Å²) in [5, 5.41) is 30.9. The highest BCUT2D eigenvalue weighted by atomic mass is 32.2. The van der Waals surface area contributed by atoms with E-state index in [0.29, 0.717) is 19.3 Å². The second kappa shape index (κ2) is 40.8. The van der Waals surface area contributed by atoms with E-state index in [0.717, 1.165) is 38.5 Å². The van der Waals surface area contributed by atoms with E-state index in [1.54, 1.807) is 0 Å². The summed E-state index contributed by atoms with van der Waals surface area (Å²) in [5.41, 5.74) is 0. The minimum Gasteiger partial charge on any atom is -0.462 e. The van der Waals surface area contributed by atoms with Crippen LogP contribution < -0.4 is 0 Å². The summed E-state index contributed by atoms with van der Waals surface area (Å²) >= 11 is 0. The Morgan fingerprint density at radius 1 is 0.531 bits per heavy atom. The van der Waals surface area contributed by atoms with E-state index in [1.165, 1.54) is 122 Å². The van der Waals surface area contributed by atoms with Gasteiger partial charge in [0, 0.05) is 12.8 Å². The van der Waals surface area contributed by atoms with Crippen molar-refractivity contribution in [3.63, 3.8) is 0 Å². The summed E-state index contributed by atoms with van der Waals surface area (Å²) in [4.78, 5) is 25.5. The maximum absolute atomic E-state index is 12.8. The number of hydrogen-bond acceptors (Lipinski definition) is 11. The third kappa shape index (κ3) is 34.9. The maximum atomic E-state index is 12.8. The van der Waals surface area contributed by atoms with E-state index < -0.39 is 71.2 Å². The van der Waals surface area contributed by atoms with Crippen LogP contribution in [0.4, 0.5) is 0 Å². The molecule has 6 atom stereocenters. The summed E-state index contributed by atoms with van der Waals surface area (Å²) < 4.78 is 54.1. The zero-order chi connectivity index (χ0) is 46.9. The highest BCUT2D eigenvalue weighted by Gasteiger charge is 2.46. The van der Waals surface area contributed by atoms with Gasteiger partial charge in [-0.05, 0) is 51.4 Å². The lowest BCUT2D eigenvalue weighted by molar-refractivity contribution is -0.297. The van der Waals surface area contributed by atoms with E-state index in [4.69, 9.17) is 18.9 Å². The number of hydrogen-bond donors (Lipinski definition) is 4. The Kier molecular flexibility index (Phi) is 38.1. The standard InChI is InChI=1S/C51H90O12S/c1-3-5-7-9-11-13-15-17-19-20-21-22-23-24-26-27-29-31-33-35-37-39-46(52)60-41-44(42-61-51-50(56)49(55)48(54)45(63-51)43-64(57,58)59)62-47(53)40-38-36-34-32-30-28-25-18-16-14-12-10-8-6-4-2/h19-20,22-23,26-27,31,33,44-45,48-51,54-56H,3-18,21,24-25,28-30,32,34-43H2,1-2H3,(H,57,58,59)/b20-19+,23-22+,27-26+,33-31+/t44-,45-,48-,49?,50?,51+/m1/s1. The van der Waals surface area contributed by atoms with Gasteiger partial charge < -0.3 is 34.3 Å². The van der Waals surface area contributed by atoms with E-state index in [9.17, 15) is 37.9 Å². The van der Waals surface area contributed by atoms with Gasteiger partial charge in [-0.15, -0.1) is 0 Å². The van der Waals surface area contributed by atoms with E-state index in [1.807, 2.05) is 6.08 Å². The molecule has 0 amide bonds. The van der Waals surface area contributed by atoms with Gasteiger partial charge in [-0.3, -0.25) is 14.1 Å². The Morgan fingerprint density at radius 3 is 1.44 bits per heavy atom. The van der Waals surface area contributed by atoms with Gasteiger partial charge in [0.05, 0.1) is 6.61 Å². The first-order chi connectivity index (χ1) is 31.0. The third-order valence-electron chi connectivity index (χ3n) is 11.4. The fraction of sp³-hybridized carbons (Fsp3) is 0.804. The van der Waals surface area contributed by atoms with Crippen molar-refractivity contribution in [3.05, 3.63) is 48.6 Å². The lowest BCUT2D eigenvalue weighted by Gasteiger charge is -2.40. The first-order valence-electron chi connectivity index (χ1n) is 25.2. The topological polar surface area (TPSA) is 186 Å². The zero-order valence-electron chi connectivity index (χ0n) is 39.9. The summed E-state index contributed by atoms with van der Waals surface area (Å²) in [5.74, 6) is -2.05. The van der Waals surface area contributed by atoms with Crippen LogP contribution >= 0.6 is 0 Å². The molecule has 1 aliphatic rings. The monoisotopic (exact) mass is 927 g/mol. The molecule has 1 aliphatic heterocycles. The minimum absolute atomic E-state index is 0.144. The van der Waals surface area contributed by atoms with Gasteiger partial charge in [-0.25, -0.2) is 0 Å². The first kappa shape index (κ1) is 59.6. The number of ether oxygens (including phenoxy) is 4. The molecule has 12 nitrogen and oxygen atoms in total. The third-order valence-corrected chi connectivity index (χ3v) is 12.2. The van der Waals surface area contributed by atoms with Crippen LogP contribution in [0.15, 0.2) is 48.6 Å². The Bertz CT molecular complexity index is 1360. The molecule has 2 unspecified atom stereocenters. The molecule has 4 N–H and O–H groups in total. The van der Waals surface area contributed by atoms with Crippen LogP contribution in [0.5, 0.6) is 0 Å². The molecule has 0 aliphatic carbocycles. The number of allylic oxidation sites excluding steroid dienone is 8. The number of carbonyl (C=O) groups excluding carboxylic acids is 2. The van der Waals surface area contributed by atoms with E-state index in [2.05, 4.69) is 56.4 Å². The normalized spacial score (nSPS) is 20.0. The van der Waals surface area contributed by atoms with Gasteiger partial charge in [-0.2, -0.15) is 8.42 Å². The van der Waals surface area contributed by atoms with Crippen molar-refractivity contribution < 1.29 is 56.8 Å². The second-order valence-corrected chi connectivity index (χ2v) is 19.0. The molecular weight excluding hydrogens is 837 g/mol. The Morgan fingerprint density at radius 2 is 0.953 bits per heavy atom. The highest BCUT2D eigenvalue weighted by Crippen LogP contribution is 2.24. The molecule has 0 bridgehead atoms. The Balaban J connectivity index is 2.43. The highest BCUT2D eigenvalue weighted by molar-refractivity contribution is 7.85. The van der Waals surface area contributed by atoms with Gasteiger partial charge in [0.2, 0.25) is 0 Å². The van der Waals surface area contributed by atoms with Crippen LogP contribution in [0.3, 0.4) is 0 Å². The maximum Gasteiger partial charge on any atom is 0.306 e. The van der Waals surface area contributed by atoms with Gasteiger partial charge in [-0.1, -0.05) is 191 Å². The van der Waals surface area contributed by atoms with Crippen LogP contribution in [0.1, 0.15) is 206 Å². The molecule has 1 heterocycles. The van der Waals surface area contributed by atoms with Gasteiger partial charge in [0.15, 0.2) is 12.4 Å². The van der Waals surface area contributed by atoms with Crippen molar-refractivity contribution in [1.29, 1.82) is 0 Å². The molecule has 64 heavy (non-hydrogen) atoms. The molecule has 0 spiro atoms. The first-order valence-corrected chi connectivity index (χ1v) is 26.8. The summed E-state index contributed by atoms with van der Waals surface area (Å²) in [7, 11) is -4.61. The molecule has 1 saturated heterocycles. The number of unbranched alkanes of at least 4 members (excludes halogenated alkanes) is 22. The number of carbonyl (C=O) groups is 2. The van der Waals surface area contributed by atoms with Crippen molar-refractivity contribution in [2.75, 3.05) is 19.0 Å². The molecular formula is C51H90O12S. The quantitative estimate of drug-likeness (QED) is 0.0197. The van der Waals surface area contributed by atoms with Gasteiger partial charge in [0.25, 0.3) is 10.1 Å². The number of aliphatic hydroxyl groups is 3. The summed E-state index contributed by atoms with van der Waals surface area (Å²) in [6.07, 6.45) is 40.2. The van der Waals surface area contributed by atoms with Crippen LogP contribution in [0.25, 0.3) is 0 Å². The molecule has 0 aromatic rings. The van der Waals surface area contributed by atoms with Crippen molar-refractivity contribution in [3.8, 4) is 0 Å². The molecule has 0 aromatic carbocycles. The molecule has 372 valence electrons. The minimum atomic E-state index is -4.61. The zero-order valence-corrected chi connectivity index (χ0v) is 40.7. The van der Waals surface area contributed by atoms with Crippen LogP contribution in [-0.2, 0) is 38.7 Å². The number of rotatable bonds is 42. The van der Waals surface area contributed by atoms with Crippen molar-refractivity contribution in [2.45, 2.75) is 243 Å². The fourth-order valence-corrected chi connectivity index (χ4v) is 8.18. The molecule has 13 heteroatoms. The van der Waals surface area contributed by atoms with Gasteiger partial charge >= 0.3 is 11.9 Å². The van der Waals surface area contributed by atoms with Crippen molar-refractivity contribution in [1.82, 2.24) is 0 Å². The average Bonchev–Trinajstić information content (AvgIpc) is 3.26. The summed E-state index contributed by atoms with van der Waals surface area (Å²) in [6, 6.07) is 0. The number of aliphatic hydroxyl groups excluding tert-OH is 3. The van der Waals surface area contributed by atoms with Gasteiger partial charge in [0.1, 0.15) is 36.8 Å². The molecule has 0 radical (unpaired) electrons. The molecule has 0 saturated carbocycles. The summed E-state index contributed by atoms with van der Waals surface area (Å²) in [6.45, 7) is 3.73. The largest absolute Gasteiger partial charge is 0.462 e. The lowest BCUT2D eigenvalue weighted by atomic mass is 10.00. The van der Waals surface area contributed by atoms with Crippen LogP contribution in [0, 0.1) is 0 Å². The Hall–Kier alpha value is -2.39. The average molecular weight is 927 g/mol. The van der Waals surface area contributed by atoms with E-state index in [-0.39, 0.29) is 19.4 Å². The molecule has 1 rings (SSSR count).